The molecule has 8 heteroatoms. The summed E-state index contributed by atoms with van der Waals surface area (Å²) in [5.74, 6) is -0.279. The molecule has 7 nitrogen and oxygen atoms in total. The molecule has 0 radical (unpaired) electrons. The van der Waals surface area contributed by atoms with Crippen LogP contribution in [0.3, 0.4) is 0 Å². The predicted molar refractivity (Wildman–Crippen MR) is 91.6 cm³/mol. The lowest BCUT2D eigenvalue weighted by atomic mass is 9.73. The van der Waals surface area contributed by atoms with Crippen LogP contribution in [-0.2, 0) is 9.59 Å². The molecule has 2 saturated heterocycles. The fourth-order valence-corrected chi connectivity index (χ4v) is 4.02. The molecule has 2 aliphatic heterocycles. The number of carbonyl (C=O) groups excluding carboxylic acids is 3. The summed E-state index contributed by atoms with van der Waals surface area (Å²) in [5, 5.41) is 2.88. The van der Waals surface area contributed by atoms with Gasteiger partial charge in [-0.25, -0.2) is 4.79 Å². The van der Waals surface area contributed by atoms with Gasteiger partial charge in [-0.3, -0.25) is 14.5 Å². The molecular formula is C16H27ClN4O3. The SMILES string of the molecule is CC1CCCCC12NC(=O)N(CC(=O)N1CCC(N)CC1)C2=O.Cl. The Labute approximate surface area is 148 Å². The third-order valence-corrected chi connectivity index (χ3v) is 5.69. The van der Waals surface area contributed by atoms with Crippen molar-refractivity contribution < 1.29 is 14.4 Å². The van der Waals surface area contributed by atoms with Crippen LogP contribution < -0.4 is 11.1 Å². The molecular weight excluding hydrogens is 332 g/mol. The van der Waals surface area contributed by atoms with Gasteiger partial charge in [-0.1, -0.05) is 19.8 Å². The Kier molecular flexibility index (Phi) is 5.75. The normalized spacial score (nSPS) is 31.2. The van der Waals surface area contributed by atoms with Crippen LogP contribution in [-0.4, -0.2) is 58.9 Å². The number of amides is 4. The minimum atomic E-state index is -0.792. The summed E-state index contributed by atoms with van der Waals surface area (Å²) in [6, 6.07) is -0.284. The highest BCUT2D eigenvalue weighted by atomic mass is 35.5. The van der Waals surface area contributed by atoms with Crippen LogP contribution in [0.25, 0.3) is 0 Å². The third kappa shape index (κ3) is 3.24. The summed E-state index contributed by atoms with van der Waals surface area (Å²) in [6.07, 6.45) is 5.15. The lowest BCUT2D eigenvalue weighted by molar-refractivity contribution is -0.141. The number of hydrogen-bond donors (Lipinski definition) is 2. The summed E-state index contributed by atoms with van der Waals surface area (Å²) in [4.78, 5) is 40.3. The third-order valence-electron chi connectivity index (χ3n) is 5.69. The molecule has 24 heavy (non-hydrogen) atoms. The molecule has 1 saturated carbocycles. The molecule has 0 aromatic heterocycles. The summed E-state index contributed by atoms with van der Waals surface area (Å²) in [5.41, 5.74) is 5.05. The van der Waals surface area contributed by atoms with Crippen LogP contribution in [0.15, 0.2) is 0 Å². The van der Waals surface area contributed by atoms with Crippen LogP contribution >= 0.6 is 12.4 Å². The van der Waals surface area contributed by atoms with Gasteiger partial charge in [0, 0.05) is 19.1 Å². The number of rotatable bonds is 2. The molecule has 0 bridgehead atoms. The van der Waals surface area contributed by atoms with E-state index in [2.05, 4.69) is 5.32 Å². The highest BCUT2D eigenvalue weighted by Crippen LogP contribution is 2.38. The van der Waals surface area contributed by atoms with Crippen molar-refractivity contribution >= 4 is 30.3 Å². The predicted octanol–water partition coefficient (Wildman–Crippen LogP) is 0.859. The van der Waals surface area contributed by atoms with E-state index in [1.807, 2.05) is 6.92 Å². The molecule has 0 aromatic rings. The van der Waals surface area contributed by atoms with Crippen molar-refractivity contribution in [2.45, 2.75) is 57.0 Å². The van der Waals surface area contributed by atoms with E-state index >= 15 is 0 Å². The Morgan fingerprint density at radius 1 is 1.25 bits per heavy atom. The summed E-state index contributed by atoms with van der Waals surface area (Å²) < 4.78 is 0. The molecule has 0 aromatic carbocycles. The number of nitrogens with zero attached hydrogens (tertiary/aromatic N) is 2. The molecule has 2 atom stereocenters. The highest BCUT2D eigenvalue weighted by Gasteiger charge is 2.55. The van der Waals surface area contributed by atoms with Crippen LogP contribution in [0.4, 0.5) is 4.79 Å². The Morgan fingerprint density at radius 3 is 2.54 bits per heavy atom. The second kappa shape index (κ2) is 7.27. The van der Waals surface area contributed by atoms with Crippen molar-refractivity contribution in [3.63, 3.8) is 0 Å². The van der Waals surface area contributed by atoms with E-state index in [1.54, 1.807) is 4.90 Å². The monoisotopic (exact) mass is 358 g/mol. The van der Waals surface area contributed by atoms with Gasteiger partial charge >= 0.3 is 6.03 Å². The molecule has 2 unspecified atom stereocenters. The molecule has 136 valence electrons. The van der Waals surface area contributed by atoms with Crippen molar-refractivity contribution in [2.24, 2.45) is 11.7 Å². The van der Waals surface area contributed by atoms with E-state index in [-0.39, 0.29) is 42.7 Å². The standard InChI is InChI=1S/C16H26N4O3.ClH/c1-11-4-2-3-7-16(11)14(22)20(15(23)18-16)10-13(21)19-8-5-12(17)6-9-19;/h11-12H,2-10,17H2,1H3,(H,18,23);1H. The number of hydrogen-bond acceptors (Lipinski definition) is 4. The second-order valence-corrected chi connectivity index (χ2v) is 7.16. The van der Waals surface area contributed by atoms with E-state index < -0.39 is 11.6 Å². The first-order valence-corrected chi connectivity index (χ1v) is 8.61. The molecule has 2 heterocycles. The molecule has 3 N–H and O–H groups in total. The molecule has 3 fully saturated rings. The lowest BCUT2D eigenvalue weighted by Crippen LogP contribution is -2.54. The van der Waals surface area contributed by atoms with Crippen molar-refractivity contribution in [3.05, 3.63) is 0 Å². The second-order valence-electron chi connectivity index (χ2n) is 7.16. The molecule has 1 spiro atoms. The maximum absolute atomic E-state index is 12.8. The van der Waals surface area contributed by atoms with E-state index in [9.17, 15) is 14.4 Å². The fraction of sp³-hybridized carbons (Fsp3) is 0.812. The van der Waals surface area contributed by atoms with E-state index in [1.165, 1.54) is 0 Å². The van der Waals surface area contributed by atoms with Crippen LogP contribution in [0.1, 0.15) is 45.4 Å². The topological polar surface area (TPSA) is 95.7 Å². The quantitative estimate of drug-likeness (QED) is 0.715. The number of likely N-dealkylation sites (tertiary alicyclic amines) is 1. The Balaban J connectivity index is 0.00000208. The van der Waals surface area contributed by atoms with Crippen molar-refractivity contribution in [1.29, 1.82) is 0 Å². The Hall–Kier alpha value is -1.34. The highest BCUT2D eigenvalue weighted by molar-refractivity contribution is 6.09. The average Bonchev–Trinajstić information content (AvgIpc) is 2.76. The van der Waals surface area contributed by atoms with Gasteiger partial charge in [0.15, 0.2) is 0 Å². The molecule has 1 aliphatic carbocycles. The largest absolute Gasteiger partial charge is 0.341 e. The number of piperidine rings is 1. The number of urea groups is 1. The minimum Gasteiger partial charge on any atom is -0.341 e. The average molecular weight is 359 g/mol. The van der Waals surface area contributed by atoms with E-state index in [0.717, 1.165) is 37.0 Å². The summed E-state index contributed by atoms with van der Waals surface area (Å²) in [7, 11) is 0. The van der Waals surface area contributed by atoms with E-state index in [0.29, 0.717) is 19.5 Å². The van der Waals surface area contributed by atoms with Crippen molar-refractivity contribution in [1.82, 2.24) is 15.1 Å². The van der Waals surface area contributed by atoms with Gasteiger partial charge in [-0.15, -0.1) is 12.4 Å². The summed E-state index contributed by atoms with van der Waals surface area (Å²) in [6.45, 7) is 3.06. The smallest absolute Gasteiger partial charge is 0.325 e. The summed E-state index contributed by atoms with van der Waals surface area (Å²) >= 11 is 0. The first kappa shape index (κ1) is 19.0. The van der Waals surface area contributed by atoms with Gasteiger partial charge < -0.3 is 16.0 Å². The van der Waals surface area contributed by atoms with Gasteiger partial charge in [0.1, 0.15) is 12.1 Å². The first-order chi connectivity index (χ1) is 10.9. The van der Waals surface area contributed by atoms with Gasteiger partial charge in [-0.2, -0.15) is 0 Å². The zero-order valence-corrected chi connectivity index (χ0v) is 14.9. The van der Waals surface area contributed by atoms with Crippen LogP contribution in [0.5, 0.6) is 0 Å². The zero-order chi connectivity index (χ0) is 16.6. The maximum atomic E-state index is 12.8. The number of nitrogens with two attached hydrogens (primary N) is 1. The Bertz CT molecular complexity index is 521. The Morgan fingerprint density at radius 2 is 1.92 bits per heavy atom. The maximum Gasteiger partial charge on any atom is 0.325 e. The van der Waals surface area contributed by atoms with Crippen molar-refractivity contribution in [3.8, 4) is 0 Å². The fourth-order valence-electron chi connectivity index (χ4n) is 4.02. The molecule has 3 rings (SSSR count). The van der Waals surface area contributed by atoms with Gasteiger partial charge in [0.05, 0.1) is 0 Å². The van der Waals surface area contributed by atoms with Gasteiger partial charge in [-0.05, 0) is 31.6 Å². The molecule has 3 aliphatic rings. The van der Waals surface area contributed by atoms with Crippen LogP contribution in [0.2, 0.25) is 0 Å². The number of halogens is 1. The van der Waals surface area contributed by atoms with Gasteiger partial charge in [0.2, 0.25) is 5.91 Å². The van der Waals surface area contributed by atoms with Crippen molar-refractivity contribution in [2.75, 3.05) is 19.6 Å². The number of imide groups is 1. The molecule has 4 amide bonds. The lowest BCUT2D eigenvalue weighted by Gasteiger charge is -2.37. The number of nitrogens with one attached hydrogen (secondary N) is 1. The van der Waals surface area contributed by atoms with Gasteiger partial charge in [0.25, 0.3) is 5.91 Å². The number of carbonyl (C=O) groups is 3. The first-order valence-electron chi connectivity index (χ1n) is 8.61. The minimum absolute atomic E-state index is 0. The zero-order valence-electron chi connectivity index (χ0n) is 14.1. The van der Waals surface area contributed by atoms with Crippen LogP contribution in [0, 0.1) is 5.92 Å². The van der Waals surface area contributed by atoms with E-state index in [4.69, 9.17) is 5.73 Å².